The zero-order valence-electron chi connectivity index (χ0n) is 31.2. The maximum atomic E-state index is 11.5. The first kappa shape index (κ1) is 42.3. The summed E-state index contributed by atoms with van der Waals surface area (Å²) in [6.45, 7) is 15.3. The van der Waals surface area contributed by atoms with Gasteiger partial charge in [-0.15, -0.1) is 0 Å². The Morgan fingerprint density at radius 2 is 1.30 bits per heavy atom. The molecule has 3 aromatic carbocycles. The van der Waals surface area contributed by atoms with Gasteiger partial charge in [-0.25, -0.2) is 18.0 Å². The van der Waals surface area contributed by atoms with Crippen LogP contribution in [0, 0.1) is 17.8 Å². The van der Waals surface area contributed by atoms with Gasteiger partial charge in [0.15, 0.2) is 14.7 Å². The van der Waals surface area contributed by atoms with Crippen LogP contribution in [0.1, 0.15) is 65.7 Å². The Hall–Kier alpha value is -4.45. The molecule has 3 aliphatic carbocycles. The summed E-state index contributed by atoms with van der Waals surface area (Å²) in [4.78, 5) is 38.4. The van der Waals surface area contributed by atoms with E-state index in [2.05, 4.69) is 118 Å². The zero-order chi connectivity index (χ0) is 39.5. The molecule has 4 aliphatic rings. The molecule has 3 saturated carbocycles. The lowest BCUT2D eigenvalue weighted by molar-refractivity contribution is -0.158. The molecule has 5 atom stereocenters. The Bertz CT molecular complexity index is 1770. The highest BCUT2D eigenvalue weighted by atomic mass is 32.2. The fourth-order valence-electron chi connectivity index (χ4n) is 7.20. The number of carbonyl (C=O) groups excluding carboxylic acids is 3. The fraction of sp³-hybridized carbons (Fsp3) is 0.372. The van der Waals surface area contributed by atoms with Crippen LogP contribution in [0.3, 0.4) is 0 Å². The quantitative estimate of drug-likeness (QED) is 0.0691. The predicted octanol–water partition coefficient (Wildman–Crippen LogP) is 8.34. The lowest BCUT2D eigenvalue weighted by atomic mass is 9.88. The highest BCUT2D eigenvalue weighted by Crippen LogP contribution is 2.55. The molecule has 1 aliphatic heterocycles. The van der Waals surface area contributed by atoms with Gasteiger partial charge in [0.1, 0.15) is 27.9 Å². The molecule has 3 aromatic rings. The first-order valence-corrected chi connectivity index (χ1v) is 20.8. The van der Waals surface area contributed by atoms with Crippen molar-refractivity contribution in [1.82, 2.24) is 0 Å². The normalized spacial score (nSPS) is 22.5. The molecule has 288 valence electrons. The van der Waals surface area contributed by atoms with Gasteiger partial charge in [-0.05, 0) is 95.2 Å². The molecule has 0 amide bonds. The molecule has 4 fully saturated rings. The lowest BCUT2D eigenvalue weighted by Gasteiger charge is -2.27. The summed E-state index contributed by atoms with van der Waals surface area (Å²) < 4.78 is 44.1. The van der Waals surface area contributed by atoms with Crippen molar-refractivity contribution in [3.8, 4) is 0 Å². The van der Waals surface area contributed by atoms with Crippen molar-refractivity contribution < 1.29 is 41.6 Å². The second-order valence-corrected chi connectivity index (χ2v) is 17.2. The Morgan fingerprint density at radius 1 is 0.852 bits per heavy atom. The topological polar surface area (TPSA) is 136 Å². The number of ether oxygens (including phenoxy) is 3. The molecular formula is C43H50O9S2. The van der Waals surface area contributed by atoms with E-state index in [4.69, 9.17) is 14.2 Å². The van der Waals surface area contributed by atoms with E-state index in [1.54, 1.807) is 13.8 Å². The summed E-state index contributed by atoms with van der Waals surface area (Å²) in [5, 5.41) is 0.354. The Morgan fingerprint density at radius 3 is 1.69 bits per heavy atom. The average Bonchev–Trinajstić information content (AvgIpc) is 3.94. The highest BCUT2D eigenvalue weighted by Gasteiger charge is 2.63. The SMILES string of the molecule is C=C(C)C(=O)OC1(CC)CCCC1.C=C(C)C(=O)OC1C2CC3C(=O)OC1C3C2.C=CS(=O)(=O)[O-].c1ccc([S+](c2ccccc2)c2ccccc2)cc1. The summed E-state index contributed by atoms with van der Waals surface area (Å²) in [5.41, 5.74) is 0.721. The first-order valence-electron chi connectivity index (χ1n) is 18.1. The Balaban J connectivity index is 0.000000170. The summed E-state index contributed by atoms with van der Waals surface area (Å²) in [6.07, 6.45) is 6.64. The van der Waals surface area contributed by atoms with Crippen LogP contribution in [0.5, 0.6) is 0 Å². The maximum absolute atomic E-state index is 11.5. The summed E-state index contributed by atoms with van der Waals surface area (Å²) in [7, 11) is -4.16. The minimum Gasteiger partial charge on any atom is -0.745 e. The number of hydrogen-bond donors (Lipinski definition) is 0. The van der Waals surface area contributed by atoms with E-state index >= 15 is 0 Å². The zero-order valence-corrected chi connectivity index (χ0v) is 32.8. The van der Waals surface area contributed by atoms with Gasteiger partial charge in [0.2, 0.25) is 0 Å². The van der Waals surface area contributed by atoms with Crippen molar-refractivity contribution in [2.75, 3.05) is 0 Å². The summed E-state index contributed by atoms with van der Waals surface area (Å²) >= 11 is 0. The molecular weight excluding hydrogens is 725 g/mol. The maximum Gasteiger partial charge on any atom is 0.333 e. The highest BCUT2D eigenvalue weighted by molar-refractivity contribution is 7.97. The van der Waals surface area contributed by atoms with Crippen molar-refractivity contribution in [2.24, 2.45) is 17.8 Å². The van der Waals surface area contributed by atoms with Gasteiger partial charge >= 0.3 is 17.9 Å². The van der Waals surface area contributed by atoms with Crippen LogP contribution >= 0.6 is 0 Å². The number of hydrogen-bond acceptors (Lipinski definition) is 9. The van der Waals surface area contributed by atoms with Crippen LogP contribution in [-0.2, 0) is 49.6 Å². The third-order valence-corrected chi connectivity index (χ3v) is 12.6. The van der Waals surface area contributed by atoms with E-state index in [9.17, 15) is 27.4 Å². The van der Waals surface area contributed by atoms with Crippen LogP contribution in [0.15, 0.2) is 142 Å². The van der Waals surface area contributed by atoms with Gasteiger partial charge in [-0.1, -0.05) is 81.3 Å². The second-order valence-electron chi connectivity index (χ2n) is 13.9. The number of fused-ring (bicyclic) bond motifs is 1. The van der Waals surface area contributed by atoms with E-state index in [0.717, 1.165) is 32.1 Å². The molecule has 1 saturated heterocycles. The number of rotatable bonds is 9. The average molecular weight is 775 g/mol. The molecule has 9 nitrogen and oxygen atoms in total. The van der Waals surface area contributed by atoms with E-state index in [0.29, 0.717) is 22.5 Å². The third-order valence-electron chi connectivity index (χ3n) is 9.96. The number of carbonyl (C=O) groups is 3. The molecule has 0 N–H and O–H groups in total. The second kappa shape index (κ2) is 19.2. The van der Waals surface area contributed by atoms with Gasteiger partial charge in [-0.3, -0.25) is 4.79 Å². The third kappa shape index (κ3) is 11.3. The van der Waals surface area contributed by atoms with Gasteiger partial charge in [0.25, 0.3) is 0 Å². The van der Waals surface area contributed by atoms with Gasteiger partial charge < -0.3 is 18.8 Å². The largest absolute Gasteiger partial charge is 0.745 e. The van der Waals surface area contributed by atoms with Crippen LogP contribution in [0.4, 0.5) is 0 Å². The summed E-state index contributed by atoms with van der Waals surface area (Å²) in [5.74, 6) is -0.0721. The van der Waals surface area contributed by atoms with E-state index in [-0.39, 0.29) is 58.4 Å². The van der Waals surface area contributed by atoms with Gasteiger partial charge in [-0.2, -0.15) is 0 Å². The molecule has 1 heterocycles. The molecule has 11 heteroatoms. The van der Waals surface area contributed by atoms with Gasteiger partial charge in [0.05, 0.1) is 16.8 Å². The van der Waals surface area contributed by atoms with Crippen molar-refractivity contribution in [2.45, 2.75) is 98.2 Å². The first-order chi connectivity index (χ1) is 25.7. The fourth-order valence-corrected chi connectivity index (χ4v) is 9.30. The van der Waals surface area contributed by atoms with Crippen LogP contribution in [0.2, 0.25) is 0 Å². The van der Waals surface area contributed by atoms with Crippen LogP contribution in [-0.4, -0.2) is 48.7 Å². The smallest absolute Gasteiger partial charge is 0.333 e. The molecule has 5 unspecified atom stereocenters. The molecule has 2 bridgehead atoms. The van der Waals surface area contributed by atoms with Crippen molar-refractivity contribution >= 4 is 38.9 Å². The van der Waals surface area contributed by atoms with Crippen LogP contribution in [0.25, 0.3) is 0 Å². The minimum absolute atomic E-state index is 0.0146. The van der Waals surface area contributed by atoms with Crippen LogP contribution < -0.4 is 0 Å². The molecule has 0 spiro atoms. The molecule has 7 rings (SSSR count). The standard InChI is InChI=1S/C18H15S.C12H14O4.C11H18O2.C2H4O3S/c1-4-10-16(11-5-1)19(17-12-6-2-7-13-17)18-14-8-3-9-15-18;1-5(2)11(13)15-9-6-3-7-8(4-6)12(14)16-10(7)9;1-4-11(7-5-6-8-11)13-10(12)9(2)3;1-2-6(3,4)5/h1-15H;6-10H,1,3-4H2,2H3;2,4-8H2,1,3H3;2H,1H2,(H,3,4,5)/q+1;;;/p-1. The summed E-state index contributed by atoms with van der Waals surface area (Å²) in [6, 6.07) is 32.2. The lowest BCUT2D eigenvalue weighted by Crippen LogP contribution is -2.36. The molecule has 54 heavy (non-hydrogen) atoms. The predicted molar refractivity (Wildman–Crippen MR) is 208 cm³/mol. The van der Waals surface area contributed by atoms with Gasteiger partial charge in [0, 0.05) is 28.4 Å². The molecule has 0 aromatic heterocycles. The molecule has 0 radical (unpaired) electrons. The monoisotopic (exact) mass is 774 g/mol. The van der Waals surface area contributed by atoms with E-state index in [1.807, 2.05) is 0 Å². The Labute approximate surface area is 322 Å². The minimum atomic E-state index is -4.15. The van der Waals surface area contributed by atoms with Crippen molar-refractivity contribution in [3.05, 3.63) is 127 Å². The van der Waals surface area contributed by atoms with E-state index in [1.165, 1.54) is 27.5 Å². The van der Waals surface area contributed by atoms with E-state index < -0.39 is 10.1 Å². The van der Waals surface area contributed by atoms with Crippen molar-refractivity contribution in [3.63, 3.8) is 0 Å². The number of benzene rings is 3. The Kier molecular flexibility index (Phi) is 15.1. The van der Waals surface area contributed by atoms with Crippen molar-refractivity contribution in [1.29, 1.82) is 0 Å². The number of esters is 3.